The topological polar surface area (TPSA) is 101 Å². The summed E-state index contributed by atoms with van der Waals surface area (Å²) in [5, 5.41) is 13.4. The van der Waals surface area contributed by atoms with Crippen LogP contribution in [0.15, 0.2) is 54.9 Å². The lowest BCUT2D eigenvalue weighted by atomic mass is 10.2. The van der Waals surface area contributed by atoms with Gasteiger partial charge in [0.1, 0.15) is 11.3 Å². The summed E-state index contributed by atoms with van der Waals surface area (Å²) < 4.78 is 13.1. The highest BCUT2D eigenvalue weighted by Gasteiger charge is 2.14. The van der Waals surface area contributed by atoms with Crippen molar-refractivity contribution in [2.75, 3.05) is 6.61 Å². The van der Waals surface area contributed by atoms with Crippen LogP contribution in [0.3, 0.4) is 0 Å². The summed E-state index contributed by atoms with van der Waals surface area (Å²) in [5.41, 5.74) is 3.70. The van der Waals surface area contributed by atoms with E-state index in [-0.39, 0.29) is 5.76 Å². The Labute approximate surface area is 189 Å². The van der Waals surface area contributed by atoms with E-state index in [0.29, 0.717) is 16.9 Å². The number of carboxylic acid groups (broad SMARTS) is 1. The molecule has 0 bridgehead atoms. The number of carbonyl (C=O) groups is 2. The second-order valence-electron chi connectivity index (χ2n) is 5.49. The minimum Gasteiger partial charge on any atom is -0.481 e. The second kappa shape index (κ2) is 9.05. The predicted molar refractivity (Wildman–Crippen MR) is 119 cm³/mol. The van der Waals surface area contributed by atoms with E-state index in [1.54, 1.807) is 24.3 Å². The fourth-order valence-electron chi connectivity index (χ4n) is 2.26. The summed E-state index contributed by atoms with van der Waals surface area (Å²) in [7, 11) is 0. The van der Waals surface area contributed by atoms with Crippen LogP contribution >= 0.6 is 54.5 Å². The van der Waals surface area contributed by atoms with Crippen LogP contribution in [0.5, 0.6) is 5.75 Å². The van der Waals surface area contributed by atoms with E-state index in [9.17, 15) is 9.59 Å². The minimum absolute atomic E-state index is 0.137. The van der Waals surface area contributed by atoms with Crippen molar-refractivity contribution in [3.05, 3.63) is 60.2 Å². The molecule has 28 heavy (non-hydrogen) atoms. The summed E-state index contributed by atoms with van der Waals surface area (Å²) >= 11 is 8.82. The molecule has 3 rings (SSSR count). The fourth-order valence-corrected chi connectivity index (χ4v) is 4.30. The zero-order chi connectivity index (χ0) is 20.3. The third-order valence-corrected chi connectivity index (χ3v) is 5.34. The summed E-state index contributed by atoms with van der Waals surface area (Å²) in [5.74, 6) is -0.929. The molecule has 0 atom stereocenters. The molecule has 3 aromatic rings. The molecule has 1 heterocycles. The van der Waals surface area contributed by atoms with E-state index in [1.165, 1.54) is 6.21 Å². The highest BCUT2D eigenvalue weighted by atomic mass is 127. The Kier molecular flexibility index (Phi) is 6.73. The molecular weight excluding hydrogens is 611 g/mol. The number of benzene rings is 2. The maximum Gasteiger partial charge on any atom is 0.341 e. The Morgan fingerprint density at radius 1 is 1.25 bits per heavy atom. The van der Waals surface area contributed by atoms with Crippen molar-refractivity contribution in [1.29, 1.82) is 0 Å². The molecule has 0 saturated carbocycles. The van der Waals surface area contributed by atoms with Gasteiger partial charge in [-0.25, -0.2) is 10.2 Å². The van der Waals surface area contributed by atoms with Crippen molar-refractivity contribution in [2.45, 2.75) is 0 Å². The number of hydrogen-bond donors (Lipinski definition) is 2. The molecule has 0 aliphatic heterocycles. The largest absolute Gasteiger partial charge is 0.481 e. The standard InChI is InChI=1S/C18H11Br2IN2O5/c19-11-4-10-5-15(28-17(10)12(20)6-11)18(26)23-22-7-9-1-2-14(13(21)3-9)27-8-16(24)25/h1-7H,8H2,(H,23,26)(H,24,25)/b22-7-. The van der Waals surface area contributed by atoms with E-state index in [2.05, 4.69) is 42.4 Å². The van der Waals surface area contributed by atoms with Gasteiger partial charge in [-0.2, -0.15) is 5.10 Å². The van der Waals surface area contributed by atoms with Crippen molar-refractivity contribution in [1.82, 2.24) is 5.43 Å². The monoisotopic (exact) mass is 620 g/mol. The lowest BCUT2D eigenvalue weighted by molar-refractivity contribution is -0.139. The number of aliphatic carboxylic acids is 1. The van der Waals surface area contributed by atoms with E-state index < -0.39 is 18.5 Å². The number of halogens is 3. The average molecular weight is 622 g/mol. The number of carboxylic acids is 1. The SMILES string of the molecule is O=C(O)COc1ccc(/C=N\NC(=O)c2cc3cc(Br)cc(Br)c3o2)cc1I. The van der Waals surface area contributed by atoms with Gasteiger partial charge in [-0.3, -0.25) is 4.79 Å². The summed E-state index contributed by atoms with van der Waals surface area (Å²) in [4.78, 5) is 22.8. The van der Waals surface area contributed by atoms with Gasteiger partial charge in [0.2, 0.25) is 0 Å². The molecule has 10 heteroatoms. The van der Waals surface area contributed by atoms with Gasteiger partial charge in [0.25, 0.3) is 0 Å². The van der Waals surface area contributed by atoms with Gasteiger partial charge in [0.15, 0.2) is 12.4 Å². The van der Waals surface area contributed by atoms with Crippen LogP contribution in [0.1, 0.15) is 16.1 Å². The molecule has 0 spiro atoms. The number of nitrogens with zero attached hydrogens (tertiary/aromatic N) is 1. The number of furan rings is 1. The maximum absolute atomic E-state index is 12.2. The first-order valence-corrected chi connectivity index (χ1v) is 10.4. The molecule has 0 unspecified atom stereocenters. The molecule has 1 amide bonds. The van der Waals surface area contributed by atoms with Crippen molar-refractivity contribution < 1.29 is 23.8 Å². The first-order chi connectivity index (χ1) is 13.3. The fraction of sp³-hybridized carbons (Fsp3) is 0.0556. The highest BCUT2D eigenvalue weighted by Crippen LogP contribution is 2.31. The quantitative estimate of drug-likeness (QED) is 0.234. The molecule has 2 aromatic carbocycles. The number of hydrogen-bond acceptors (Lipinski definition) is 5. The number of ether oxygens (including phenoxy) is 1. The molecule has 0 aliphatic rings. The molecule has 0 saturated heterocycles. The Morgan fingerprint density at radius 3 is 2.75 bits per heavy atom. The number of carbonyl (C=O) groups excluding carboxylic acids is 1. The molecule has 144 valence electrons. The summed E-state index contributed by atoms with van der Waals surface area (Å²) in [6, 6.07) is 10.4. The van der Waals surface area contributed by atoms with Crippen molar-refractivity contribution >= 4 is 83.5 Å². The smallest absolute Gasteiger partial charge is 0.341 e. The lowest BCUT2D eigenvalue weighted by Crippen LogP contribution is -2.16. The van der Waals surface area contributed by atoms with Gasteiger partial charge in [-0.15, -0.1) is 0 Å². The van der Waals surface area contributed by atoms with Crippen LogP contribution in [0.2, 0.25) is 0 Å². The van der Waals surface area contributed by atoms with Gasteiger partial charge in [-0.05, 0) is 80.5 Å². The van der Waals surface area contributed by atoms with Crippen LogP contribution in [-0.2, 0) is 4.79 Å². The molecular formula is C18H11Br2IN2O5. The van der Waals surface area contributed by atoms with Crippen molar-refractivity contribution in [2.24, 2.45) is 5.10 Å². The molecule has 7 nitrogen and oxygen atoms in total. The van der Waals surface area contributed by atoms with Crippen LogP contribution < -0.4 is 10.2 Å². The number of hydrazone groups is 1. The first-order valence-electron chi connectivity index (χ1n) is 7.69. The van der Waals surface area contributed by atoms with Gasteiger partial charge in [0.05, 0.1) is 14.3 Å². The number of nitrogens with one attached hydrogen (secondary N) is 1. The zero-order valence-electron chi connectivity index (χ0n) is 13.9. The van der Waals surface area contributed by atoms with Gasteiger partial charge < -0.3 is 14.3 Å². The van der Waals surface area contributed by atoms with E-state index in [4.69, 9.17) is 14.3 Å². The molecule has 0 aliphatic carbocycles. The first kappa shape index (κ1) is 20.8. The number of rotatable bonds is 6. The lowest BCUT2D eigenvalue weighted by Gasteiger charge is -2.06. The van der Waals surface area contributed by atoms with Crippen LogP contribution in [0.4, 0.5) is 0 Å². The van der Waals surface area contributed by atoms with Gasteiger partial charge in [-0.1, -0.05) is 15.9 Å². The number of amides is 1. The molecule has 2 N–H and O–H groups in total. The predicted octanol–water partition coefficient (Wildman–Crippen LogP) is 4.79. The Morgan fingerprint density at radius 2 is 2.04 bits per heavy atom. The van der Waals surface area contributed by atoms with E-state index in [0.717, 1.165) is 17.9 Å². The Hall–Kier alpha value is -1.92. The van der Waals surface area contributed by atoms with E-state index in [1.807, 2.05) is 34.7 Å². The highest BCUT2D eigenvalue weighted by molar-refractivity contribution is 14.1. The maximum atomic E-state index is 12.2. The van der Waals surface area contributed by atoms with Crippen LogP contribution in [-0.4, -0.2) is 29.8 Å². The third-order valence-electron chi connectivity index (χ3n) is 3.45. The van der Waals surface area contributed by atoms with Gasteiger partial charge >= 0.3 is 11.9 Å². The Balaban J connectivity index is 1.67. The third kappa shape index (κ3) is 5.11. The zero-order valence-corrected chi connectivity index (χ0v) is 19.2. The normalized spacial score (nSPS) is 11.1. The second-order valence-corrected chi connectivity index (χ2v) is 8.42. The minimum atomic E-state index is -1.05. The summed E-state index contributed by atoms with van der Waals surface area (Å²) in [6.45, 7) is -0.413. The van der Waals surface area contributed by atoms with Crippen LogP contribution in [0, 0.1) is 3.57 Å². The van der Waals surface area contributed by atoms with Crippen molar-refractivity contribution in [3.63, 3.8) is 0 Å². The van der Waals surface area contributed by atoms with Crippen molar-refractivity contribution in [3.8, 4) is 5.75 Å². The number of fused-ring (bicyclic) bond motifs is 1. The van der Waals surface area contributed by atoms with Crippen LogP contribution in [0.25, 0.3) is 11.0 Å². The van der Waals surface area contributed by atoms with Gasteiger partial charge in [0, 0.05) is 9.86 Å². The Bertz CT molecular complexity index is 1100. The summed E-state index contributed by atoms with van der Waals surface area (Å²) in [6.07, 6.45) is 1.47. The molecule has 1 aromatic heterocycles. The average Bonchev–Trinajstić information content (AvgIpc) is 3.05. The molecule has 0 fully saturated rings. The molecule has 0 radical (unpaired) electrons. The van der Waals surface area contributed by atoms with E-state index >= 15 is 0 Å².